The van der Waals surface area contributed by atoms with Crippen molar-refractivity contribution in [2.24, 2.45) is 11.8 Å². The molecule has 2 atom stereocenters. The Morgan fingerprint density at radius 2 is 0.951 bits per heavy atom. The van der Waals surface area contributed by atoms with Crippen LogP contribution in [0.5, 0.6) is 0 Å². The van der Waals surface area contributed by atoms with Gasteiger partial charge in [0.25, 0.3) is 0 Å². The number of ether oxygens (including phenoxy) is 2. The molecular weight excluding hydrogens is 757 g/mol. The Labute approximate surface area is 377 Å². The minimum atomic E-state index is 0.0468. The van der Waals surface area contributed by atoms with Gasteiger partial charge in [-0.25, -0.2) is 0 Å². The van der Waals surface area contributed by atoms with Gasteiger partial charge in [-0.15, -0.1) is 0 Å². The number of carbonyl (C=O) groups is 2. The fourth-order valence-electron chi connectivity index (χ4n) is 8.52. The molecule has 0 aliphatic heterocycles. The minimum Gasteiger partial charge on any atom is -0.465 e. The summed E-state index contributed by atoms with van der Waals surface area (Å²) in [5.74, 6) is 0.243. The van der Waals surface area contributed by atoms with Crippen LogP contribution in [-0.4, -0.2) is 52.9 Å². The first-order valence-corrected chi connectivity index (χ1v) is 26.4. The fourth-order valence-corrected chi connectivity index (χ4v) is 8.52. The summed E-state index contributed by atoms with van der Waals surface area (Å²) in [5.41, 5.74) is 1.24. The second kappa shape index (κ2) is 42.9. The Morgan fingerprint density at radius 1 is 0.557 bits per heavy atom. The molecule has 8 nitrogen and oxygen atoms in total. The summed E-state index contributed by atoms with van der Waals surface area (Å²) < 4.78 is 13.8. The van der Waals surface area contributed by atoms with Crippen LogP contribution >= 0.6 is 0 Å². The van der Waals surface area contributed by atoms with Crippen molar-refractivity contribution >= 4 is 11.9 Å². The Morgan fingerprint density at radius 3 is 1.39 bits per heavy atom. The molecule has 0 saturated heterocycles. The van der Waals surface area contributed by atoms with Crippen LogP contribution in [0.4, 0.5) is 0 Å². The number of esters is 2. The summed E-state index contributed by atoms with van der Waals surface area (Å²) in [4.78, 5) is 28.8. The summed E-state index contributed by atoms with van der Waals surface area (Å²) in [6.07, 6.45) is 43.9. The number of aromatic nitrogens is 2. The molecule has 0 bridgehead atoms. The molecule has 2 unspecified atom stereocenters. The molecule has 0 aliphatic rings. The summed E-state index contributed by atoms with van der Waals surface area (Å²) in [6, 6.07) is 2.24. The first-order chi connectivity index (χ1) is 30.0. The van der Waals surface area contributed by atoms with Gasteiger partial charge in [-0.2, -0.15) is 10.4 Å². The molecule has 0 amide bonds. The van der Waals surface area contributed by atoms with E-state index in [1.54, 1.807) is 0 Å². The van der Waals surface area contributed by atoms with E-state index in [1.165, 1.54) is 108 Å². The second-order valence-electron chi connectivity index (χ2n) is 18.4. The highest BCUT2D eigenvalue weighted by atomic mass is 16.5. The van der Waals surface area contributed by atoms with Gasteiger partial charge in [0.15, 0.2) is 0 Å². The highest BCUT2D eigenvalue weighted by Crippen LogP contribution is 2.22. The maximum absolute atomic E-state index is 13.1. The van der Waals surface area contributed by atoms with Gasteiger partial charge in [0.2, 0.25) is 0 Å². The van der Waals surface area contributed by atoms with E-state index < -0.39 is 0 Å². The van der Waals surface area contributed by atoms with Gasteiger partial charge in [-0.3, -0.25) is 19.2 Å². The molecule has 1 aromatic heterocycles. The van der Waals surface area contributed by atoms with E-state index in [2.05, 4.69) is 50.0 Å². The van der Waals surface area contributed by atoms with E-state index in [1.807, 2.05) is 10.9 Å². The third-order valence-corrected chi connectivity index (χ3v) is 12.5. The highest BCUT2D eigenvalue weighted by molar-refractivity contribution is 5.72. The van der Waals surface area contributed by atoms with Crippen LogP contribution in [-0.2, 0) is 32.2 Å². The number of rotatable bonds is 46. The van der Waals surface area contributed by atoms with Crippen molar-refractivity contribution in [3.8, 4) is 6.07 Å². The average molecular weight is 855 g/mol. The summed E-state index contributed by atoms with van der Waals surface area (Å²) in [5, 5.41) is 13.5. The zero-order chi connectivity index (χ0) is 44.3. The zero-order valence-corrected chi connectivity index (χ0v) is 40.7. The molecule has 1 rings (SSSR count). The van der Waals surface area contributed by atoms with Crippen molar-refractivity contribution in [1.29, 1.82) is 5.26 Å². The van der Waals surface area contributed by atoms with Crippen molar-refractivity contribution < 1.29 is 19.1 Å². The van der Waals surface area contributed by atoms with Crippen molar-refractivity contribution in [3.05, 3.63) is 18.0 Å². The zero-order valence-electron chi connectivity index (χ0n) is 40.7. The lowest BCUT2D eigenvalue weighted by atomic mass is 9.94. The lowest BCUT2D eigenvalue weighted by Gasteiger charge is -2.22. The fraction of sp³-hybridized carbons (Fsp3) is 0.887. The monoisotopic (exact) mass is 855 g/mol. The van der Waals surface area contributed by atoms with Crippen molar-refractivity contribution in [1.82, 2.24) is 14.7 Å². The van der Waals surface area contributed by atoms with Crippen molar-refractivity contribution in [3.63, 3.8) is 0 Å². The molecule has 61 heavy (non-hydrogen) atoms. The molecule has 354 valence electrons. The van der Waals surface area contributed by atoms with Gasteiger partial charge < -0.3 is 9.47 Å². The number of carbonyl (C=O) groups excluding carboxylic acids is 2. The largest absolute Gasteiger partial charge is 0.465 e. The van der Waals surface area contributed by atoms with Crippen LogP contribution in [0.3, 0.4) is 0 Å². The predicted octanol–water partition coefficient (Wildman–Crippen LogP) is 15.3. The summed E-state index contributed by atoms with van der Waals surface area (Å²) >= 11 is 0. The third-order valence-electron chi connectivity index (χ3n) is 12.5. The SMILES string of the molecule is CCCCCCCCC(CCCCCC)C(=O)OCCCCCCN(CCCCCCOC(=O)C(CCCCCC)CCCCCCCC)Cc1cnn(CCCCC#N)c1. The van der Waals surface area contributed by atoms with Crippen LogP contribution in [0.1, 0.15) is 258 Å². The van der Waals surface area contributed by atoms with Crippen LogP contribution in [0.2, 0.25) is 0 Å². The maximum atomic E-state index is 13.1. The number of nitrogens with zero attached hydrogens (tertiary/aromatic N) is 4. The smallest absolute Gasteiger partial charge is 0.308 e. The summed E-state index contributed by atoms with van der Waals surface area (Å²) in [6.45, 7) is 13.9. The van der Waals surface area contributed by atoms with Gasteiger partial charge in [0.1, 0.15) is 0 Å². The molecule has 1 heterocycles. The molecule has 1 aromatic rings. The number of nitriles is 1. The van der Waals surface area contributed by atoms with E-state index in [-0.39, 0.29) is 23.8 Å². The van der Waals surface area contributed by atoms with Gasteiger partial charge in [-0.1, -0.05) is 182 Å². The standard InChI is InChI=1S/C53H98N4O4/c1-5-9-13-17-19-28-38-50(36-26-15-11-7-3)52(58)60-44-34-23-21-31-41-56(47-49-46-55-57(48-49)43-33-25-30-40-54)42-32-22-24-35-45-61-53(59)51(37-27-16-12-8-4)39-29-20-18-14-10-6-2/h46,48,50-51H,5-39,41-45,47H2,1-4H3. The maximum Gasteiger partial charge on any atom is 0.308 e. The van der Waals surface area contributed by atoms with E-state index >= 15 is 0 Å². The van der Waals surface area contributed by atoms with Gasteiger partial charge in [-0.05, 0) is 77.3 Å². The predicted molar refractivity (Wildman–Crippen MR) is 256 cm³/mol. The van der Waals surface area contributed by atoms with Gasteiger partial charge in [0, 0.05) is 31.3 Å². The minimum absolute atomic E-state index is 0.0468. The molecule has 0 aromatic carbocycles. The van der Waals surface area contributed by atoms with E-state index in [9.17, 15) is 9.59 Å². The number of aryl methyl sites for hydroxylation is 1. The lowest BCUT2D eigenvalue weighted by Crippen LogP contribution is -2.25. The molecule has 0 saturated carbocycles. The number of hydrogen-bond acceptors (Lipinski definition) is 7. The Kier molecular flexibility index (Phi) is 39.8. The highest BCUT2D eigenvalue weighted by Gasteiger charge is 2.20. The van der Waals surface area contributed by atoms with Crippen LogP contribution < -0.4 is 0 Å². The Hall–Kier alpha value is -2.40. The first-order valence-electron chi connectivity index (χ1n) is 26.4. The second-order valence-corrected chi connectivity index (χ2v) is 18.4. The first kappa shape index (κ1) is 56.6. The van der Waals surface area contributed by atoms with E-state index in [0.29, 0.717) is 19.6 Å². The molecule has 0 spiro atoms. The molecular formula is C53H98N4O4. The average Bonchev–Trinajstić information content (AvgIpc) is 3.71. The number of hydrogen-bond donors (Lipinski definition) is 0. The van der Waals surface area contributed by atoms with Gasteiger partial charge in [0.05, 0.1) is 37.3 Å². The molecule has 8 heteroatoms. The molecule has 0 radical (unpaired) electrons. The normalized spacial score (nSPS) is 12.5. The van der Waals surface area contributed by atoms with Crippen molar-refractivity contribution in [2.75, 3.05) is 26.3 Å². The van der Waals surface area contributed by atoms with Crippen LogP contribution in [0.15, 0.2) is 12.4 Å². The van der Waals surface area contributed by atoms with Crippen LogP contribution in [0, 0.1) is 23.2 Å². The topological polar surface area (TPSA) is 97.4 Å². The molecule has 0 aliphatic carbocycles. The Bertz CT molecular complexity index is 1110. The van der Waals surface area contributed by atoms with Crippen molar-refractivity contribution in [2.45, 2.75) is 266 Å². The van der Waals surface area contributed by atoms with Crippen LogP contribution in [0.25, 0.3) is 0 Å². The third kappa shape index (κ3) is 33.8. The summed E-state index contributed by atoms with van der Waals surface area (Å²) in [7, 11) is 0. The molecule has 0 N–H and O–H groups in total. The number of unbranched alkanes of at least 4 members (excludes halogenated alkanes) is 24. The quantitative estimate of drug-likeness (QED) is 0.0476. The van der Waals surface area contributed by atoms with E-state index in [0.717, 1.165) is 142 Å². The lowest BCUT2D eigenvalue weighted by molar-refractivity contribution is -0.150. The Balaban J connectivity index is 2.53. The van der Waals surface area contributed by atoms with Gasteiger partial charge >= 0.3 is 11.9 Å². The molecule has 0 fully saturated rings. The van der Waals surface area contributed by atoms with E-state index in [4.69, 9.17) is 14.7 Å².